The minimum atomic E-state index is -3.97. The Morgan fingerprint density at radius 3 is 2.06 bits per heavy atom. The number of hydrogen-bond acceptors (Lipinski definition) is 4. The average molecular weight is 526 g/mol. The molecule has 0 aliphatic carbocycles. The highest BCUT2D eigenvalue weighted by molar-refractivity contribution is 9.10. The molecular formula is C24H33BrN2O4S. The van der Waals surface area contributed by atoms with Crippen molar-refractivity contribution in [1.82, 2.24) is 5.32 Å². The molecule has 0 unspecified atom stereocenters. The highest BCUT2D eigenvalue weighted by Gasteiger charge is 2.31. The van der Waals surface area contributed by atoms with Crippen molar-refractivity contribution in [3.8, 4) is 5.75 Å². The summed E-state index contributed by atoms with van der Waals surface area (Å²) < 4.78 is 34.3. The Balaban J connectivity index is 2.38. The molecule has 0 fully saturated rings. The normalized spacial score (nSPS) is 12.3. The van der Waals surface area contributed by atoms with Crippen LogP contribution in [0, 0.1) is 5.41 Å². The summed E-state index contributed by atoms with van der Waals surface area (Å²) >= 11 is 3.33. The number of halogens is 1. The highest BCUT2D eigenvalue weighted by Crippen LogP contribution is 2.28. The number of nitrogens with one attached hydrogen (secondary N) is 1. The molecule has 6 nitrogen and oxygen atoms in total. The van der Waals surface area contributed by atoms with E-state index in [4.69, 9.17) is 4.74 Å². The topological polar surface area (TPSA) is 75.7 Å². The van der Waals surface area contributed by atoms with Gasteiger partial charge in [0.2, 0.25) is 5.91 Å². The van der Waals surface area contributed by atoms with Gasteiger partial charge < -0.3 is 10.1 Å². The number of nitrogens with zero attached hydrogens (tertiary/aromatic N) is 1. The number of rotatable bonds is 9. The lowest BCUT2D eigenvalue weighted by Gasteiger charge is -2.34. The SMILES string of the molecule is CCOc1ccc(N(CC(=O)NC(C)(C)CC(C)(C)C)S(=O)(=O)c2ccc(Br)cc2)cc1. The van der Waals surface area contributed by atoms with Crippen molar-refractivity contribution in [3.05, 3.63) is 53.0 Å². The molecule has 0 saturated carbocycles. The predicted molar refractivity (Wildman–Crippen MR) is 133 cm³/mol. The fraction of sp³-hybridized carbons (Fsp3) is 0.458. The summed E-state index contributed by atoms with van der Waals surface area (Å²) in [7, 11) is -3.97. The molecule has 0 aliphatic rings. The Morgan fingerprint density at radius 1 is 1.00 bits per heavy atom. The van der Waals surface area contributed by atoms with Crippen molar-refractivity contribution < 1.29 is 17.9 Å². The third-order valence-corrected chi connectivity index (χ3v) is 6.89. The molecule has 2 aromatic carbocycles. The molecule has 0 heterocycles. The molecule has 1 amide bonds. The lowest BCUT2D eigenvalue weighted by Crippen LogP contribution is -2.50. The molecule has 8 heteroatoms. The van der Waals surface area contributed by atoms with Crippen LogP contribution in [0.15, 0.2) is 57.9 Å². The number of sulfonamides is 1. The quantitative estimate of drug-likeness (QED) is 0.478. The van der Waals surface area contributed by atoms with Gasteiger partial charge in [0.05, 0.1) is 17.2 Å². The number of benzene rings is 2. The minimum absolute atomic E-state index is 0.00901. The molecule has 0 bridgehead atoms. The van der Waals surface area contributed by atoms with Gasteiger partial charge in [0.1, 0.15) is 12.3 Å². The summed E-state index contributed by atoms with van der Waals surface area (Å²) in [4.78, 5) is 13.1. The molecular weight excluding hydrogens is 492 g/mol. The number of ether oxygens (including phenoxy) is 1. The van der Waals surface area contributed by atoms with Gasteiger partial charge in [-0.05, 0) is 81.1 Å². The average Bonchev–Trinajstić information content (AvgIpc) is 2.65. The van der Waals surface area contributed by atoms with Crippen molar-refractivity contribution in [3.63, 3.8) is 0 Å². The first-order valence-electron chi connectivity index (χ1n) is 10.6. The van der Waals surface area contributed by atoms with Crippen molar-refractivity contribution in [2.24, 2.45) is 5.41 Å². The third-order valence-electron chi connectivity index (χ3n) is 4.57. The second-order valence-electron chi connectivity index (χ2n) is 9.56. The van der Waals surface area contributed by atoms with Gasteiger partial charge in [0, 0.05) is 10.0 Å². The molecule has 0 saturated heterocycles. The van der Waals surface area contributed by atoms with E-state index >= 15 is 0 Å². The maximum absolute atomic E-state index is 13.5. The fourth-order valence-electron chi connectivity index (χ4n) is 3.84. The second kappa shape index (κ2) is 10.3. The first-order valence-corrected chi connectivity index (χ1v) is 12.8. The number of hydrogen-bond donors (Lipinski definition) is 1. The summed E-state index contributed by atoms with van der Waals surface area (Å²) in [5, 5.41) is 3.00. The fourth-order valence-corrected chi connectivity index (χ4v) is 5.53. The Kier molecular flexibility index (Phi) is 8.39. The van der Waals surface area contributed by atoms with Gasteiger partial charge in [-0.1, -0.05) is 36.7 Å². The standard InChI is InChI=1S/C24H33BrN2O4S/c1-7-31-20-12-10-19(11-13-20)27(32(29,30)21-14-8-18(25)9-15-21)16-22(28)26-24(5,6)17-23(2,3)4/h8-15H,7,16-17H2,1-6H3,(H,26,28). The maximum Gasteiger partial charge on any atom is 0.264 e. The smallest absolute Gasteiger partial charge is 0.264 e. The van der Waals surface area contributed by atoms with Crippen LogP contribution in [-0.4, -0.2) is 33.0 Å². The molecule has 0 atom stereocenters. The van der Waals surface area contributed by atoms with Crippen LogP contribution >= 0.6 is 15.9 Å². The summed E-state index contributed by atoms with van der Waals surface area (Å²) in [5.41, 5.74) is -0.0869. The number of carbonyl (C=O) groups excluding carboxylic acids is 1. The Bertz CT molecular complexity index is 1010. The summed E-state index contributed by atoms with van der Waals surface area (Å²) in [6.07, 6.45) is 0.744. The largest absolute Gasteiger partial charge is 0.494 e. The van der Waals surface area contributed by atoms with Gasteiger partial charge in [0.25, 0.3) is 10.0 Å². The van der Waals surface area contributed by atoms with Crippen LogP contribution in [0.1, 0.15) is 48.0 Å². The van der Waals surface area contributed by atoms with Crippen LogP contribution in [0.4, 0.5) is 5.69 Å². The zero-order chi connectivity index (χ0) is 24.2. The van der Waals surface area contributed by atoms with E-state index in [1.54, 1.807) is 36.4 Å². The van der Waals surface area contributed by atoms with E-state index in [-0.39, 0.29) is 22.8 Å². The molecule has 0 aliphatic heterocycles. The van der Waals surface area contributed by atoms with Gasteiger partial charge >= 0.3 is 0 Å². The lowest BCUT2D eigenvalue weighted by molar-refractivity contribution is -0.121. The summed E-state index contributed by atoms with van der Waals surface area (Å²) in [6, 6.07) is 13.1. The van der Waals surface area contributed by atoms with Crippen LogP contribution in [0.2, 0.25) is 0 Å². The second-order valence-corrected chi connectivity index (χ2v) is 12.3. The van der Waals surface area contributed by atoms with E-state index in [1.165, 1.54) is 12.1 Å². The molecule has 0 spiro atoms. The van der Waals surface area contributed by atoms with E-state index in [2.05, 4.69) is 42.0 Å². The van der Waals surface area contributed by atoms with E-state index in [1.807, 2.05) is 20.8 Å². The number of anilines is 1. The number of amides is 1. The van der Waals surface area contributed by atoms with Crippen molar-refractivity contribution >= 4 is 37.5 Å². The Hall–Kier alpha value is -2.06. The minimum Gasteiger partial charge on any atom is -0.494 e. The predicted octanol–water partition coefficient (Wildman–Crippen LogP) is 5.37. The zero-order valence-electron chi connectivity index (χ0n) is 19.6. The van der Waals surface area contributed by atoms with Crippen molar-refractivity contribution in [1.29, 1.82) is 0 Å². The monoisotopic (exact) mass is 524 g/mol. The zero-order valence-corrected chi connectivity index (χ0v) is 22.0. The van der Waals surface area contributed by atoms with Crippen LogP contribution in [0.5, 0.6) is 5.75 Å². The van der Waals surface area contributed by atoms with Crippen molar-refractivity contribution in [2.45, 2.75) is 58.4 Å². The molecule has 32 heavy (non-hydrogen) atoms. The molecule has 2 aromatic rings. The third kappa shape index (κ3) is 7.52. The highest BCUT2D eigenvalue weighted by atomic mass is 79.9. The van der Waals surface area contributed by atoms with Gasteiger partial charge in [-0.3, -0.25) is 9.10 Å². The molecule has 2 rings (SSSR count). The Morgan fingerprint density at radius 2 is 1.56 bits per heavy atom. The lowest BCUT2D eigenvalue weighted by atomic mass is 9.82. The molecule has 176 valence electrons. The van der Waals surface area contributed by atoms with E-state index in [9.17, 15) is 13.2 Å². The van der Waals surface area contributed by atoms with Crippen LogP contribution < -0.4 is 14.4 Å². The van der Waals surface area contributed by atoms with Crippen LogP contribution in [-0.2, 0) is 14.8 Å². The van der Waals surface area contributed by atoms with Gasteiger partial charge in [-0.25, -0.2) is 8.42 Å². The van der Waals surface area contributed by atoms with E-state index in [0.717, 1.165) is 15.2 Å². The van der Waals surface area contributed by atoms with E-state index in [0.29, 0.717) is 18.0 Å². The van der Waals surface area contributed by atoms with E-state index < -0.39 is 15.6 Å². The van der Waals surface area contributed by atoms with Gasteiger partial charge in [-0.15, -0.1) is 0 Å². The van der Waals surface area contributed by atoms with Crippen LogP contribution in [0.3, 0.4) is 0 Å². The van der Waals surface area contributed by atoms with Crippen molar-refractivity contribution in [2.75, 3.05) is 17.5 Å². The summed E-state index contributed by atoms with van der Waals surface area (Å²) in [5.74, 6) is 0.266. The summed E-state index contributed by atoms with van der Waals surface area (Å²) in [6.45, 7) is 12.2. The van der Waals surface area contributed by atoms with Gasteiger partial charge in [-0.2, -0.15) is 0 Å². The maximum atomic E-state index is 13.5. The first-order chi connectivity index (χ1) is 14.7. The van der Waals surface area contributed by atoms with Crippen LogP contribution in [0.25, 0.3) is 0 Å². The number of carbonyl (C=O) groups is 1. The van der Waals surface area contributed by atoms with Gasteiger partial charge in [0.15, 0.2) is 0 Å². The Labute approximate surface area is 200 Å². The molecule has 0 aromatic heterocycles. The first kappa shape index (κ1) is 26.2. The molecule has 0 radical (unpaired) electrons. The molecule has 1 N–H and O–H groups in total.